The van der Waals surface area contributed by atoms with Crippen LogP contribution in [0.25, 0.3) is 0 Å². The average Bonchev–Trinajstić information content (AvgIpc) is 3.15. The fraction of sp³-hybridized carbons (Fsp3) is 0.647. The number of hydrogen-bond acceptors (Lipinski definition) is 2. The molecule has 0 spiro atoms. The van der Waals surface area contributed by atoms with Gasteiger partial charge in [-0.3, -0.25) is 0 Å². The number of epoxide rings is 1. The molecule has 19 heavy (non-hydrogen) atoms. The van der Waals surface area contributed by atoms with Gasteiger partial charge in [-0.2, -0.15) is 0 Å². The van der Waals surface area contributed by atoms with E-state index in [4.69, 9.17) is 9.47 Å². The Morgan fingerprint density at radius 3 is 2.16 bits per heavy atom. The van der Waals surface area contributed by atoms with Crippen LogP contribution in [0.3, 0.4) is 0 Å². The second-order valence-electron chi connectivity index (χ2n) is 5.73. The van der Waals surface area contributed by atoms with Gasteiger partial charge in [0.15, 0.2) is 0 Å². The molecular weight excluding hydrogens is 236 g/mol. The van der Waals surface area contributed by atoms with E-state index in [-0.39, 0.29) is 5.60 Å². The summed E-state index contributed by atoms with van der Waals surface area (Å²) in [5.41, 5.74) is 4.08. The van der Waals surface area contributed by atoms with Crippen molar-refractivity contribution in [2.75, 3.05) is 13.2 Å². The second-order valence-corrected chi connectivity index (χ2v) is 5.73. The van der Waals surface area contributed by atoms with Gasteiger partial charge in [0.1, 0.15) is 18.0 Å². The molecule has 2 heteroatoms. The molecule has 0 saturated carbocycles. The van der Waals surface area contributed by atoms with Crippen molar-refractivity contribution in [2.24, 2.45) is 0 Å². The van der Waals surface area contributed by atoms with Crippen molar-refractivity contribution in [3.8, 4) is 5.75 Å². The second kappa shape index (κ2) is 5.96. The van der Waals surface area contributed by atoms with E-state index in [1.807, 2.05) is 0 Å². The molecule has 0 bridgehead atoms. The number of hydrogen-bond donors (Lipinski definition) is 0. The lowest BCUT2D eigenvalue weighted by Crippen LogP contribution is -2.18. The zero-order valence-electron chi connectivity index (χ0n) is 12.7. The van der Waals surface area contributed by atoms with Crippen LogP contribution in [-0.4, -0.2) is 18.8 Å². The topological polar surface area (TPSA) is 21.8 Å². The summed E-state index contributed by atoms with van der Waals surface area (Å²) in [4.78, 5) is 0. The van der Waals surface area contributed by atoms with Crippen molar-refractivity contribution in [1.82, 2.24) is 0 Å². The predicted molar refractivity (Wildman–Crippen MR) is 79.0 cm³/mol. The van der Waals surface area contributed by atoms with Crippen molar-refractivity contribution in [3.05, 3.63) is 28.8 Å². The molecule has 1 aromatic rings. The summed E-state index contributed by atoms with van der Waals surface area (Å²) in [7, 11) is 0. The lowest BCUT2D eigenvalue weighted by atomic mass is 9.98. The monoisotopic (exact) mass is 262 g/mol. The van der Waals surface area contributed by atoms with Crippen molar-refractivity contribution in [3.63, 3.8) is 0 Å². The fourth-order valence-electron chi connectivity index (χ4n) is 2.40. The van der Waals surface area contributed by atoms with Crippen LogP contribution in [0.4, 0.5) is 0 Å². The highest BCUT2D eigenvalue weighted by molar-refractivity contribution is 5.45. The summed E-state index contributed by atoms with van der Waals surface area (Å²) in [6.45, 7) is 10.2. The van der Waals surface area contributed by atoms with Gasteiger partial charge in [0.2, 0.25) is 0 Å². The minimum atomic E-state index is -0.0435. The smallest absolute Gasteiger partial charge is 0.125 e. The third-order valence-electron chi connectivity index (χ3n) is 3.76. The van der Waals surface area contributed by atoms with Crippen LogP contribution >= 0.6 is 0 Å². The SMILES string of the molecule is CCCc1cc(CC)c(OCC2(C)CO2)c(CC)c1. The first-order valence-corrected chi connectivity index (χ1v) is 7.53. The van der Waals surface area contributed by atoms with Crippen molar-refractivity contribution in [2.45, 2.75) is 59.0 Å². The molecule has 1 saturated heterocycles. The number of aryl methyl sites for hydroxylation is 3. The quantitative estimate of drug-likeness (QED) is 0.694. The number of ether oxygens (including phenoxy) is 2. The Labute approximate surface area is 117 Å². The molecule has 0 aromatic heterocycles. The summed E-state index contributed by atoms with van der Waals surface area (Å²) in [5, 5.41) is 0. The highest BCUT2D eigenvalue weighted by Crippen LogP contribution is 2.32. The van der Waals surface area contributed by atoms with Crippen molar-refractivity contribution < 1.29 is 9.47 Å². The molecule has 0 amide bonds. The van der Waals surface area contributed by atoms with Gasteiger partial charge in [-0.15, -0.1) is 0 Å². The fourth-order valence-corrected chi connectivity index (χ4v) is 2.40. The van der Waals surface area contributed by atoms with Gasteiger partial charge < -0.3 is 9.47 Å². The van der Waals surface area contributed by atoms with Crippen LogP contribution in [0.15, 0.2) is 12.1 Å². The minimum Gasteiger partial charge on any atom is -0.490 e. The zero-order chi connectivity index (χ0) is 13.9. The van der Waals surface area contributed by atoms with Gasteiger partial charge in [-0.25, -0.2) is 0 Å². The number of rotatable bonds is 7. The van der Waals surface area contributed by atoms with E-state index < -0.39 is 0 Å². The molecule has 1 aromatic carbocycles. The zero-order valence-corrected chi connectivity index (χ0v) is 12.7. The average molecular weight is 262 g/mol. The largest absolute Gasteiger partial charge is 0.490 e. The third-order valence-corrected chi connectivity index (χ3v) is 3.76. The molecular formula is C17H26O2. The molecule has 2 nitrogen and oxygen atoms in total. The van der Waals surface area contributed by atoms with Crippen LogP contribution < -0.4 is 4.74 Å². The summed E-state index contributed by atoms with van der Waals surface area (Å²) in [6, 6.07) is 4.63. The molecule has 2 rings (SSSR count). The molecule has 0 radical (unpaired) electrons. The normalized spacial score (nSPS) is 21.5. The standard InChI is InChI=1S/C17H26O2/c1-5-8-13-9-14(6-2)16(15(7-3)10-13)18-11-17(4)12-19-17/h9-10H,5-8,11-12H2,1-4H3. The molecule has 0 N–H and O–H groups in total. The van der Waals surface area contributed by atoms with E-state index >= 15 is 0 Å². The van der Waals surface area contributed by atoms with Gasteiger partial charge in [-0.05, 0) is 42.9 Å². The summed E-state index contributed by atoms with van der Waals surface area (Å²) < 4.78 is 11.5. The summed E-state index contributed by atoms with van der Waals surface area (Å²) in [6.07, 6.45) is 4.40. The Kier molecular flexibility index (Phi) is 4.51. The van der Waals surface area contributed by atoms with E-state index in [2.05, 4.69) is 39.8 Å². The molecule has 1 heterocycles. The molecule has 1 aliphatic heterocycles. The Hall–Kier alpha value is -1.02. The Bertz CT molecular complexity index is 408. The molecule has 1 atom stereocenters. The van der Waals surface area contributed by atoms with Crippen LogP contribution in [0, 0.1) is 0 Å². The van der Waals surface area contributed by atoms with E-state index in [9.17, 15) is 0 Å². The van der Waals surface area contributed by atoms with Gasteiger partial charge in [0, 0.05) is 0 Å². The van der Waals surface area contributed by atoms with Crippen LogP contribution in [0.1, 0.15) is 50.8 Å². The summed E-state index contributed by atoms with van der Waals surface area (Å²) in [5.74, 6) is 1.10. The Morgan fingerprint density at radius 1 is 1.16 bits per heavy atom. The van der Waals surface area contributed by atoms with Gasteiger partial charge >= 0.3 is 0 Å². The van der Waals surface area contributed by atoms with Crippen molar-refractivity contribution >= 4 is 0 Å². The third kappa shape index (κ3) is 3.50. The highest BCUT2D eigenvalue weighted by atomic mass is 16.6. The first-order chi connectivity index (χ1) is 9.11. The maximum absolute atomic E-state index is 6.09. The van der Waals surface area contributed by atoms with E-state index in [1.54, 1.807) is 0 Å². The first-order valence-electron chi connectivity index (χ1n) is 7.53. The van der Waals surface area contributed by atoms with Gasteiger partial charge in [0.05, 0.1) is 6.61 Å². The van der Waals surface area contributed by atoms with E-state index in [0.29, 0.717) is 6.61 Å². The number of benzene rings is 1. The van der Waals surface area contributed by atoms with Gasteiger partial charge in [0.25, 0.3) is 0 Å². The first kappa shape index (κ1) is 14.4. The van der Waals surface area contributed by atoms with Crippen LogP contribution in [-0.2, 0) is 24.0 Å². The van der Waals surface area contributed by atoms with Crippen LogP contribution in [0.5, 0.6) is 5.75 Å². The van der Waals surface area contributed by atoms with Gasteiger partial charge in [-0.1, -0.05) is 39.3 Å². The van der Waals surface area contributed by atoms with E-state index in [0.717, 1.165) is 31.6 Å². The predicted octanol–water partition coefficient (Wildman–Crippen LogP) is 3.93. The molecule has 1 fully saturated rings. The summed E-state index contributed by atoms with van der Waals surface area (Å²) >= 11 is 0. The van der Waals surface area contributed by atoms with Crippen LogP contribution in [0.2, 0.25) is 0 Å². The molecule has 1 aliphatic rings. The minimum absolute atomic E-state index is 0.0435. The maximum atomic E-state index is 6.09. The molecule has 0 aliphatic carbocycles. The Balaban J connectivity index is 2.22. The lowest BCUT2D eigenvalue weighted by Gasteiger charge is -2.18. The molecule has 106 valence electrons. The highest BCUT2D eigenvalue weighted by Gasteiger charge is 2.40. The molecule has 1 unspecified atom stereocenters. The van der Waals surface area contributed by atoms with E-state index in [1.165, 1.54) is 23.1 Å². The lowest BCUT2D eigenvalue weighted by molar-refractivity contribution is 0.200. The Morgan fingerprint density at radius 2 is 1.74 bits per heavy atom. The maximum Gasteiger partial charge on any atom is 0.125 e. The van der Waals surface area contributed by atoms with Crippen molar-refractivity contribution in [1.29, 1.82) is 0 Å².